The minimum atomic E-state index is -0.797. The van der Waals surface area contributed by atoms with Gasteiger partial charge in [-0.05, 0) is 50.0 Å². The second kappa shape index (κ2) is 9.70. The molecule has 2 aliphatic rings. The average Bonchev–Trinajstić information content (AvgIpc) is 2.53. The molecule has 2 aliphatic carbocycles. The van der Waals surface area contributed by atoms with Gasteiger partial charge in [-0.25, -0.2) is 0 Å². The van der Waals surface area contributed by atoms with Crippen molar-refractivity contribution in [3.63, 3.8) is 0 Å². The molecule has 0 heterocycles. The maximum Gasteiger partial charge on any atom is 0.317 e. The SMILES string of the molecule is CCN(CC(=O)O)C1CC(NC(=O)COC2CC(C)CCC2C(C)C)C1. The summed E-state index contributed by atoms with van der Waals surface area (Å²) in [5.41, 5.74) is 0. The second-order valence-electron chi connectivity index (χ2n) is 8.52. The molecule has 1 amide bonds. The zero-order valence-electron chi connectivity index (χ0n) is 16.7. The Morgan fingerprint density at radius 3 is 2.50 bits per heavy atom. The van der Waals surface area contributed by atoms with Crippen molar-refractivity contribution in [2.75, 3.05) is 19.7 Å². The molecule has 2 rings (SSSR count). The Hall–Kier alpha value is -1.14. The highest BCUT2D eigenvalue weighted by Gasteiger charge is 2.35. The Morgan fingerprint density at radius 1 is 1.23 bits per heavy atom. The van der Waals surface area contributed by atoms with E-state index < -0.39 is 5.97 Å². The van der Waals surface area contributed by atoms with Crippen LogP contribution in [0.3, 0.4) is 0 Å². The van der Waals surface area contributed by atoms with Gasteiger partial charge in [0, 0.05) is 12.1 Å². The molecule has 2 N–H and O–H groups in total. The average molecular weight is 369 g/mol. The molecular weight excluding hydrogens is 332 g/mol. The first-order valence-corrected chi connectivity index (χ1v) is 10.2. The van der Waals surface area contributed by atoms with E-state index in [-0.39, 0.29) is 37.2 Å². The highest BCUT2D eigenvalue weighted by Crippen LogP contribution is 2.35. The predicted octanol–water partition coefficient (Wildman–Crippen LogP) is 2.52. The number of aliphatic carboxylic acids is 1. The number of hydrogen-bond acceptors (Lipinski definition) is 4. The van der Waals surface area contributed by atoms with E-state index in [0.29, 0.717) is 17.8 Å². The van der Waals surface area contributed by atoms with Crippen LogP contribution in [-0.4, -0.2) is 59.8 Å². The van der Waals surface area contributed by atoms with Crippen molar-refractivity contribution in [2.45, 2.75) is 78.0 Å². The van der Waals surface area contributed by atoms with Gasteiger partial charge in [0.2, 0.25) is 5.91 Å². The van der Waals surface area contributed by atoms with Crippen LogP contribution in [0.4, 0.5) is 0 Å². The monoisotopic (exact) mass is 368 g/mol. The Balaban J connectivity index is 1.70. The second-order valence-corrected chi connectivity index (χ2v) is 8.52. The highest BCUT2D eigenvalue weighted by molar-refractivity contribution is 5.77. The summed E-state index contributed by atoms with van der Waals surface area (Å²) < 4.78 is 6.01. The minimum absolute atomic E-state index is 0.0459. The van der Waals surface area contributed by atoms with Crippen molar-refractivity contribution < 1.29 is 19.4 Å². The summed E-state index contributed by atoms with van der Waals surface area (Å²) in [6.07, 6.45) is 5.31. The van der Waals surface area contributed by atoms with Gasteiger partial charge < -0.3 is 15.2 Å². The van der Waals surface area contributed by atoms with E-state index in [0.717, 1.165) is 25.8 Å². The summed E-state index contributed by atoms with van der Waals surface area (Å²) in [6, 6.07) is 0.400. The fourth-order valence-electron chi connectivity index (χ4n) is 4.44. The van der Waals surface area contributed by atoms with Crippen LogP contribution < -0.4 is 5.32 Å². The number of nitrogens with zero attached hydrogens (tertiary/aromatic N) is 1. The van der Waals surface area contributed by atoms with Gasteiger partial charge in [0.15, 0.2) is 0 Å². The lowest BCUT2D eigenvalue weighted by atomic mass is 9.75. The maximum absolute atomic E-state index is 12.2. The Morgan fingerprint density at radius 2 is 1.92 bits per heavy atom. The molecule has 6 heteroatoms. The van der Waals surface area contributed by atoms with Crippen LogP contribution in [0.15, 0.2) is 0 Å². The van der Waals surface area contributed by atoms with Crippen molar-refractivity contribution in [2.24, 2.45) is 17.8 Å². The van der Waals surface area contributed by atoms with Crippen LogP contribution in [0, 0.1) is 17.8 Å². The molecule has 0 bridgehead atoms. The third kappa shape index (κ3) is 5.95. The van der Waals surface area contributed by atoms with Crippen molar-refractivity contribution in [3.8, 4) is 0 Å². The van der Waals surface area contributed by atoms with E-state index in [1.807, 2.05) is 11.8 Å². The molecule has 3 unspecified atom stereocenters. The summed E-state index contributed by atoms with van der Waals surface area (Å²) >= 11 is 0. The van der Waals surface area contributed by atoms with Crippen LogP contribution in [0.2, 0.25) is 0 Å². The van der Waals surface area contributed by atoms with Crippen LogP contribution in [0.5, 0.6) is 0 Å². The van der Waals surface area contributed by atoms with Gasteiger partial charge in [0.05, 0.1) is 12.6 Å². The van der Waals surface area contributed by atoms with E-state index in [1.54, 1.807) is 0 Å². The van der Waals surface area contributed by atoms with Crippen LogP contribution in [0.1, 0.15) is 59.8 Å². The first kappa shape index (κ1) is 21.2. The lowest BCUT2D eigenvalue weighted by Crippen LogP contribution is -2.55. The Bertz CT molecular complexity index is 476. The molecule has 0 spiro atoms. The quantitative estimate of drug-likeness (QED) is 0.654. The number of carboxylic acid groups (broad SMARTS) is 1. The Kier molecular flexibility index (Phi) is 7.89. The number of carbonyl (C=O) groups excluding carboxylic acids is 1. The van der Waals surface area contributed by atoms with Crippen molar-refractivity contribution in [3.05, 3.63) is 0 Å². The van der Waals surface area contributed by atoms with Gasteiger partial charge in [0.1, 0.15) is 6.61 Å². The zero-order valence-corrected chi connectivity index (χ0v) is 16.7. The molecule has 0 aromatic carbocycles. The van der Waals surface area contributed by atoms with Crippen LogP contribution >= 0.6 is 0 Å². The molecule has 150 valence electrons. The van der Waals surface area contributed by atoms with Gasteiger partial charge in [-0.15, -0.1) is 0 Å². The normalized spacial score (nSPS) is 31.7. The third-order valence-corrected chi connectivity index (χ3v) is 6.13. The number of likely N-dealkylation sites (N-methyl/N-ethyl adjacent to an activating group) is 1. The standard InChI is InChI=1S/C20H36N2O4/c1-5-22(11-20(24)25)16-9-15(10-16)21-19(23)12-26-18-8-14(4)6-7-17(18)13(2)3/h13-18H,5-12H2,1-4H3,(H,21,23)(H,24,25). The lowest BCUT2D eigenvalue weighted by molar-refractivity contribution is -0.140. The number of ether oxygens (including phenoxy) is 1. The fourth-order valence-corrected chi connectivity index (χ4v) is 4.44. The molecule has 2 saturated carbocycles. The molecule has 2 fully saturated rings. The number of amides is 1. The minimum Gasteiger partial charge on any atom is -0.480 e. The smallest absolute Gasteiger partial charge is 0.317 e. The molecule has 0 saturated heterocycles. The van der Waals surface area contributed by atoms with E-state index in [2.05, 4.69) is 26.1 Å². The van der Waals surface area contributed by atoms with E-state index in [4.69, 9.17) is 9.84 Å². The van der Waals surface area contributed by atoms with Gasteiger partial charge in [-0.1, -0.05) is 34.1 Å². The zero-order chi connectivity index (χ0) is 19.3. The Labute approximate surface area is 157 Å². The largest absolute Gasteiger partial charge is 0.480 e. The summed E-state index contributed by atoms with van der Waals surface area (Å²) in [5, 5.41) is 12.0. The molecule has 0 aliphatic heterocycles. The molecular formula is C20H36N2O4. The van der Waals surface area contributed by atoms with E-state index in [9.17, 15) is 9.59 Å². The van der Waals surface area contributed by atoms with Gasteiger partial charge in [-0.2, -0.15) is 0 Å². The predicted molar refractivity (Wildman–Crippen MR) is 101 cm³/mol. The molecule has 0 aromatic rings. The number of hydrogen-bond donors (Lipinski definition) is 2. The summed E-state index contributed by atoms with van der Waals surface area (Å²) in [6.45, 7) is 9.63. The van der Waals surface area contributed by atoms with Crippen molar-refractivity contribution in [1.82, 2.24) is 10.2 Å². The van der Waals surface area contributed by atoms with Gasteiger partial charge in [-0.3, -0.25) is 14.5 Å². The molecule has 0 radical (unpaired) electrons. The topological polar surface area (TPSA) is 78.9 Å². The number of rotatable bonds is 9. The van der Waals surface area contributed by atoms with E-state index in [1.165, 1.54) is 12.8 Å². The summed E-state index contributed by atoms with van der Waals surface area (Å²) in [4.78, 5) is 25.1. The molecule has 6 nitrogen and oxygen atoms in total. The number of carboxylic acids is 1. The van der Waals surface area contributed by atoms with Gasteiger partial charge in [0.25, 0.3) is 0 Å². The summed E-state index contributed by atoms with van der Waals surface area (Å²) in [5.74, 6) is 0.947. The first-order chi connectivity index (χ1) is 12.3. The highest BCUT2D eigenvalue weighted by atomic mass is 16.5. The van der Waals surface area contributed by atoms with E-state index >= 15 is 0 Å². The molecule has 26 heavy (non-hydrogen) atoms. The van der Waals surface area contributed by atoms with Gasteiger partial charge >= 0.3 is 5.97 Å². The van der Waals surface area contributed by atoms with Crippen molar-refractivity contribution >= 4 is 11.9 Å². The first-order valence-electron chi connectivity index (χ1n) is 10.2. The molecule has 3 atom stereocenters. The fraction of sp³-hybridized carbons (Fsp3) is 0.900. The number of nitrogens with one attached hydrogen (secondary N) is 1. The molecule has 0 aromatic heterocycles. The van der Waals surface area contributed by atoms with Crippen molar-refractivity contribution in [1.29, 1.82) is 0 Å². The summed E-state index contributed by atoms with van der Waals surface area (Å²) in [7, 11) is 0. The maximum atomic E-state index is 12.2. The third-order valence-electron chi connectivity index (χ3n) is 6.13. The van der Waals surface area contributed by atoms with Crippen LogP contribution in [0.25, 0.3) is 0 Å². The lowest BCUT2D eigenvalue weighted by Gasteiger charge is -2.42. The van der Waals surface area contributed by atoms with Crippen LogP contribution in [-0.2, 0) is 14.3 Å². The number of carbonyl (C=O) groups is 2.